The average molecular weight is 449 g/mol. The quantitative estimate of drug-likeness (QED) is 0.731. The zero-order chi connectivity index (χ0) is 22.6. The molecule has 0 aliphatic carbocycles. The Bertz CT molecular complexity index is 1130. The molecular formula is C21H21F2N3O4S. The van der Waals surface area contributed by atoms with E-state index in [0.29, 0.717) is 18.1 Å². The van der Waals surface area contributed by atoms with E-state index in [1.54, 1.807) is 19.1 Å². The molecule has 1 atom stereocenters. The van der Waals surface area contributed by atoms with E-state index >= 15 is 0 Å². The molecule has 1 N–H and O–H groups in total. The summed E-state index contributed by atoms with van der Waals surface area (Å²) in [5.41, 5.74) is 0.361. The van der Waals surface area contributed by atoms with Gasteiger partial charge in [0.25, 0.3) is 5.91 Å². The van der Waals surface area contributed by atoms with Gasteiger partial charge < -0.3 is 10.1 Å². The van der Waals surface area contributed by atoms with E-state index in [1.165, 1.54) is 16.4 Å². The maximum absolute atomic E-state index is 14.0. The van der Waals surface area contributed by atoms with Crippen LogP contribution in [0, 0.1) is 23.0 Å². The average Bonchev–Trinajstić information content (AvgIpc) is 2.77. The van der Waals surface area contributed by atoms with Gasteiger partial charge in [-0.25, -0.2) is 17.2 Å². The number of aryl methyl sites for hydroxylation is 1. The fourth-order valence-corrected chi connectivity index (χ4v) is 5.01. The Morgan fingerprint density at radius 1 is 1.23 bits per heavy atom. The van der Waals surface area contributed by atoms with E-state index in [2.05, 4.69) is 5.32 Å². The Kier molecular flexibility index (Phi) is 7.00. The summed E-state index contributed by atoms with van der Waals surface area (Å²) >= 11 is 0. The number of carbonyl (C=O) groups is 1. The van der Waals surface area contributed by atoms with Gasteiger partial charge in [-0.05, 0) is 30.2 Å². The van der Waals surface area contributed by atoms with Crippen LogP contribution in [-0.4, -0.2) is 44.9 Å². The summed E-state index contributed by atoms with van der Waals surface area (Å²) in [7, 11) is -3.85. The lowest BCUT2D eigenvalue weighted by Crippen LogP contribution is -2.41. The highest BCUT2D eigenvalue weighted by atomic mass is 32.2. The number of hydrogen-bond donors (Lipinski definition) is 1. The molecule has 1 fully saturated rings. The third-order valence-electron chi connectivity index (χ3n) is 4.98. The van der Waals surface area contributed by atoms with E-state index in [0.717, 1.165) is 12.1 Å². The SMILES string of the molecule is CCc1ccc(C(=O)NC(C#N)c2ccc(F)cc2F)cc1S(=O)(=O)N1CCOCC1. The number of nitriles is 1. The first kappa shape index (κ1) is 22.8. The van der Waals surface area contributed by atoms with Crippen molar-refractivity contribution >= 4 is 15.9 Å². The number of rotatable bonds is 6. The lowest BCUT2D eigenvalue weighted by molar-refractivity contribution is 0.0730. The summed E-state index contributed by atoms with van der Waals surface area (Å²) in [6.07, 6.45) is 0.433. The molecule has 1 unspecified atom stereocenters. The molecule has 2 aromatic carbocycles. The normalized spacial score (nSPS) is 15.8. The zero-order valence-corrected chi connectivity index (χ0v) is 17.6. The fourth-order valence-electron chi connectivity index (χ4n) is 3.28. The summed E-state index contributed by atoms with van der Waals surface area (Å²) in [6.45, 7) is 2.79. The largest absolute Gasteiger partial charge is 0.379 e. The van der Waals surface area contributed by atoms with Gasteiger partial charge in [0.15, 0.2) is 0 Å². The fraction of sp³-hybridized carbons (Fsp3) is 0.333. The van der Waals surface area contributed by atoms with E-state index < -0.39 is 33.6 Å². The van der Waals surface area contributed by atoms with Crippen LogP contribution in [0.4, 0.5) is 8.78 Å². The molecule has 0 aromatic heterocycles. The van der Waals surface area contributed by atoms with Gasteiger partial charge >= 0.3 is 0 Å². The number of morpholine rings is 1. The minimum Gasteiger partial charge on any atom is -0.379 e. The number of nitrogens with zero attached hydrogens (tertiary/aromatic N) is 2. The number of sulfonamides is 1. The molecule has 0 radical (unpaired) electrons. The van der Waals surface area contributed by atoms with Gasteiger partial charge in [0, 0.05) is 30.3 Å². The number of ether oxygens (including phenoxy) is 1. The van der Waals surface area contributed by atoms with Crippen molar-refractivity contribution in [3.05, 3.63) is 64.7 Å². The minimum atomic E-state index is -3.85. The van der Waals surface area contributed by atoms with Crippen molar-refractivity contribution in [1.29, 1.82) is 5.26 Å². The molecule has 2 aromatic rings. The summed E-state index contributed by atoms with van der Waals surface area (Å²) in [5.74, 6) is -2.53. The maximum atomic E-state index is 14.0. The molecule has 31 heavy (non-hydrogen) atoms. The second kappa shape index (κ2) is 9.51. The van der Waals surface area contributed by atoms with Crippen molar-refractivity contribution < 1.29 is 26.7 Å². The molecule has 10 heteroatoms. The third-order valence-corrected chi connectivity index (χ3v) is 6.96. The number of amides is 1. The number of nitrogens with one attached hydrogen (secondary N) is 1. The molecule has 1 aliphatic rings. The minimum absolute atomic E-state index is 0.00557. The van der Waals surface area contributed by atoms with Crippen LogP contribution >= 0.6 is 0 Å². The van der Waals surface area contributed by atoms with Crippen LogP contribution in [0.2, 0.25) is 0 Å². The Morgan fingerprint density at radius 2 is 1.94 bits per heavy atom. The van der Waals surface area contributed by atoms with Crippen LogP contribution in [0.5, 0.6) is 0 Å². The summed E-state index contributed by atoms with van der Waals surface area (Å²) in [6, 6.07) is 7.32. The van der Waals surface area contributed by atoms with Gasteiger partial charge in [-0.1, -0.05) is 19.1 Å². The van der Waals surface area contributed by atoms with Crippen LogP contribution < -0.4 is 5.32 Å². The lowest BCUT2D eigenvalue weighted by atomic mass is 10.1. The van der Waals surface area contributed by atoms with E-state index in [9.17, 15) is 27.3 Å². The molecule has 0 bridgehead atoms. The second-order valence-electron chi connectivity index (χ2n) is 6.89. The predicted octanol–water partition coefficient (Wildman–Crippen LogP) is 2.54. The molecule has 1 amide bonds. The van der Waals surface area contributed by atoms with Crippen molar-refractivity contribution in [1.82, 2.24) is 9.62 Å². The predicted molar refractivity (Wildman–Crippen MR) is 108 cm³/mol. The summed E-state index contributed by atoms with van der Waals surface area (Å²) < 4.78 is 59.9. The van der Waals surface area contributed by atoms with Crippen molar-refractivity contribution in [3.8, 4) is 6.07 Å². The van der Waals surface area contributed by atoms with Crippen LogP contribution in [0.15, 0.2) is 41.3 Å². The van der Waals surface area contributed by atoms with E-state index in [4.69, 9.17) is 4.74 Å². The Labute approximate surface area is 179 Å². The molecule has 1 heterocycles. The number of halogens is 2. The molecule has 7 nitrogen and oxygen atoms in total. The van der Waals surface area contributed by atoms with Gasteiger partial charge in [-0.3, -0.25) is 4.79 Å². The smallest absolute Gasteiger partial charge is 0.252 e. The molecule has 1 aliphatic heterocycles. The Morgan fingerprint density at radius 3 is 2.55 bits per heavy atom. The standard InChI is InChI=1S/C21H21F2N3O4S/c1-2-14-3-4-15(11-20(14)31(28,29)26-7-9-30-10-8-26)21(27)25-19(13-24)17-6-5-16(22)12-18(17)23/h3-6,11-12,19H,2,7-10H2,1H3,(H,25,27). The highest BCUT2D eigenvalue weighted by molar-refractivity contribution is 7.89. The second-order valence-corrected chi connectivity index (χ2v) is 8.80. The first-order chi connectivity index (χ1) is 14.8. The molecular weight excluding hydrogens is 428 g/mol. The highest BCUT2D eigenvalue weighted by Gasteiger charge is 2.29. The molecule has 0 saturated carbocycles. The first-order valence-corrected chi connectivity index (χ1v) is 11.1. The topological polar surface area (TPSA) is 99.5 Å². The molecule has 3 rings (SSSR count). The van der Waals surface area contributed by atoms with Crippen molar-refractivity contribution in [2.45, 2.75) is 24.3 Å². The van der Waals surface area contributed by atoms with Crippen molar-refractivity contribution in [2.75, 3.05) is 26.3 Å². The Hall–Kier alpha value is -2.87. The van der Waals surface area contributed by atoms with Gasteiger partial charge in [0.05, 0.1) is 24.2 Å². The third kappa shape index (κ3) is 4.90. The van der Waals surface area contributed by atoms with E-state index in [-0.39, 0.29) is 42.3 Å². The maximum Gasteiger partial charge on any atom is 0.252 e. The van der Waals surface area contributed by atoms with Crippen LogP contribution in [-0.2, 0) is 21.2 Å². The summed E-state index contributed by atoms with van der Waals surface area (Å²) in [5, 5.41) is 11.7. The number of benzene rings is 2. The van der Waals surface area contributed by atoms with Crippen molar-refractivity contribution in [3.63, 3.8) is 0 Å². The van der Waals surface area contributed by atoms with Gasteiger partial charge in [-0.15, -0.1) is 0 Å². The zero-order valence-electron chi connectivity index (χ0n) is 16.8. The highest BCUT2D eigenvalue weighted by Crippen LogP contribution is 2.24. The van der Waals surface area contributed by atoms with E-state index in [1.807, 2.05) is 0 Å². The molecule has 164 valence electrons. The number of hydrogen-bond acceptors (Lipinski definition) is 5. The van der Waals surface area contributed by atoms with Gasteiger partial charge in [-0.2, -0.15) is 9.57 Å². The van der Waals surface area contributed by atoms with Gasteiger partial charge in [0.2, 0.25) is 10.0 Å². The molecule has 0 spiro atoms. The van der Waals surface area contributed by atoms with Crippen LogP contribution in [0.25, 0.3) is 0 Å². The van der Waals surface area contributed by atoms with Crippen LogP contribution in [0.1, 0.15) is 34.5 Å². The Balaban J connectivity index is 1.91. The lowest BCUT2D eigenvalue weighted by Gasteiger charge is -2.27. The van der Waals surface area contributed by atoms with Crippen molar-refractivity contribution in [2.24, 2.45) is 0 Å². The number of carbonyl (C=O) groups excluding carboxylic acids is 1. The first-order valence-electron chi connectivity index (χ1n) is 9.64. The summed E-state index contributed by atoms with van der Waals surface area (Å²) in [4.78, 5) is 12.7. The van der Waals surface area contributed by atoms with Crippen LogP contribution in [0.3, 0.4) is 0 Å². The molecule has 1 saturated heterocycles. The van der Waals surface area contributed by atoms with Gasteiger partial charge in [0.1, 0.15) is 17.7 Å². The monoisotopic (exact) mass is 449 g/mol.